The largest absolute Gasteiger partial charge is 0.382 e. The summed E-state index contributed by atoms with van der Waals surface area (Å²) in [7, 11) is 1.67. The molecule has 21 heavy (non-hydrogen) atoms. The van der Waals surface area contributed by atoms with Gasteiger partial charge < -0.3 is 14.2 Å². The molecule has 3 rings (SSSR count). The van der Waals surface area contributed by atoms with Gasteiger partial charge in [0.1, 0.15) is 0 Å². The van der Waals surface area contributed by atoms with Gasteiger partial charge in [-0.2, -0.15) is 0 Å². The highest BCUT2D eigenvalue weighted by molar-refractivity contribution is 7.10. The number of ether oxygens (including phenoxy) is 1. The predicted octanol–water partition coefficient (Wildman–Crippen LogP) is 2.19. The van der Waals surface area contributed by atoms with Gasteiger partial charge in [-0.1, -0.05) is 6.07 Å². The van der Waals surface area contributed by atoms with Crippen LogP contribution in [0.4, 0.5) is 0 Å². The normalized spacial score (nSPS) is 18.1. The molecule has 0 unspecified atom stereocenters. The standard InChI is InChI=1S/C15H17N3O2S/c1-20-10-13-9-17(8-12-7-16-11-18(12)13)15(19)5-4-14-3-2-6-21-14/h2-7,11,13H,8-10H2,1H3/b5-4+/t13-/m0/s1. The van der Waals surface area contributed by atoms with Crippen LogP contribution in [-0.4, -0.2) is 40.6 Å². The zero-order chi connectivity index (χ0) is 14.7. The van der Waals surface area contributed by atoms with E-state index in [9.17, 15) is 4.79 Å². The lowest BCUT2D eigenvalue weighted by Crippen LogP contribution is -2.41. The molecular formula is C15H17N3O2S. The molecule has 0 bridgehead atoms. The molecule has 0 fully saturated rings. The Labute approximate surface area is 127 Å². The van der Waals surface area contributed by atoms with Crippen LogP contribution < -0.4 is 0 Å². The first-order chi connectivity index (χ1) is 10.3. The third kappa shape index (κ3) is 3.06. The highest BCUT2D eigenvalue weighted by atomic mass is 32.1. The number of hydrogen-bond donors (Lipinski definition) is 0. The lowest BCUT2D eigenvalue weighted by molar-refractivity contribution is -0.128. The molecule has 0 saturated carbocycles. The number of nitrogens with zero attached hydrogens (tertiary/aromatic N) is 3. The van der Waals surface area contributed by atoms with Crippen molar-refractivity contribution in [3.8, 4) is 0 Å². The SMILES string of the molecule is COC[C@@H]1CN(C(=O)/C=C/c2cccs2)Cc2cncn21. The fraction of sp³-hybridized carbons (Fsp3) is 0.333. The molecule has 2 aromatic rings. The van der Waals surface area contributed by atoms with Crippen LogP contribution in [0.15, 0.2) is 36.1 Å². The minimum atomic E-state index is 0.0250. The van der Waals surface area contributed by atoms with E-state index >= 15 is 0 Å². The topological polar surface area (TPSA) is 47.4 Å². The molecule has 0 saturated heterocycles. The van der Waals surface area contributed by atoms with Crippen LogP contribution in [0.25, 0.3) is 6.08 Å². The molecule has 0 N–H and O–H groups in total. The van der Waals surface area contributed by atoms with E-state index < -0.39 is 0 Å². The van der Waals surface area contributed by atoms with Gasteiger partial charge in [0.15, 0.2) is 0 Å². The smallest absolute Gasteiger partial charge is 0.247 e. The highest BCUT2D eigenvalue weighted by Gasteiger charge is 2.26. The van der Waals surface area contributed by atoms with E-state index in [2.05, 4.69) is 9.55 Å². The molecule has 3 heterocycles. The Kier molecular flexibility index (Phi) is 4.17. The zero-order valence-electron chi connectivity index (χ0n) is 11.8. The van der Waals surface area contributed by atoms with Crippen molar-refractivity contribution in [2.24, 2.45) is 0 Å². The quantitative estimate of drug-likeness (QED) is 0.814. The molecule has 2 aromatic heterocycles. The summed E-state index contributed by atoms with van der Waals surface area (Å²) >= 11 is 1.62. The molecule has 1 aliphatic heterocycles. The van der Waals surface area contributed by atoms with Crippen molar-refractivity contribution in [1.29, 1.82) is 0 Å². The second-order valence-corrected chi connectivity index (χ2v) is 5.95. The number of carbonyl (C=O) groups excluding carboxylic acids is 1. The van der Waals surface area contributed by atoms with Gasteiger partial charge >= 0.3 is 0 Å². The molecule has 0 aliphatic carbocycles. The van der Waals surface area contributed by atoms with E-state index in [1.807, 2.05) is 41.0 Å². The minimum Gasteiger partial charge on any atom is -0.382 e. The van der Waals surface area contributed by atoms with Crippen LogP contribution in [0.1, 0.15) is 16.6 Å². The number of hydrogen-bond acceptors (Lipinski definition) is 4. The number of amides is 1. The van der Waals surface area contributed by atoms with E-state index in [0.29, 0.717) is 19.7 Å². The first-order valence-electron chi connectivity index (χ1n) is 6.78. The van der Waals surface area contributed by atoms with Gasteiger partial charge in [-0.05, 0) is 17.5 Å². The first-order valence-corrected chi connectivity index (χ1v) is 7.66. The van der Waals surface area contributed by atoms with Crippen molar-refractivity contribution in [3.63, 3.8) is 0 Å². The number of fused-ring (bicyclic) bond motifs is 1. The molecule has 0 aromatic carbocycles. The molecule has 1 atom stereocenters. The molecule has 110 valence electrons. The van der Waals surface area contributed by atoms with Crippen molar-refractivity contribution < 1.29 is 9.53 Å². The average molecular weight is 303 g/mol. The number of rotatable bonds is 4. The fourth-order valence-corrected chi connectivity index (χ4v) is 3.14. The van der Waals surface area contributed by atoms with Gasteiger partial charge in [0, 0.05) is 30.8 Å². The summed E-state index contributed by atoms with van der Waals surface area (Å²) in [5.74, 6) is 0.0250. The zero-order valence-corrected chi connectivity index (χ0v) is 12.6. The van der Waals surface area contributed by atoms with Crippen LogP contribution in [0, 0.1) is 0 Å². The Morgan fingerprint density at radius 2 is 2.52 bits per heavy atom. The minimum absolute atomic E-state index is 0.0250. The fourth-order valence-electron chi connectivity index (χ4n) is 2.52. The van der Waals surface area contributed by atoms with Crippen LogP contribution in [0.3, 0.4) is 0 Å². The summed E-state index contributed by atoms with van der Waals surface area (Å²) in [5.41, 5.74) is 1.04. The predicted molar refractivity (Wildman–Crippen MR) is 81.9 cm³/mol. The number of thiophene rings is 1. The summed E-state index contributed by atoms with van der Waals surface area (Å²) in [6, 6.07) is 4.09. The Bertz CT molecular complexity index is 633. The molecule has 5 nitrogen and oxygen atoms in total. The summed E-state index contributed by atoms with van der Waals surface area (Å²) in [6.45, 7) is 1.81. The van der Waals surface area contributed by atoms with E-state index in [1.54, 1.807) is 24.5 Å². The maximum absolute atomic E-state index is 12.3. The van der Waals surface area contributed by atoms with Crippen LogP contribution in [0.5, 0.6) is 0 Å². The van der Waals surface area contributed by atoms with Gasteiger partial charge in [0.2, 0.25) is 5.91 Å². The maximum atomic E-state index is 12.3. The van der Waals surface area contributed by atoms with E-state index in [4.69, 9.17) is 4.74 Å². The number of imidazole rings is 1. The first kappa shape index (κ1) is 14.0. The summed E-state index contributed by atoms with van der Waals surface area (Å²) in [5, 5.41) is 2.00. The summed E-state index contributed by atoms with van der Waals surface area (Å²) in [6.07, 6.45) is 7.12. The Balaban J connectivity index is 1.73. The Morgan fingerprint density at radius 1 is 1.62 bits per heavy atom. The van der Waals surface area contributed by atoms with Crippen LogP contribution >= 0.6 is 11.3 Å². The van der Waals surface area contributed by atoms with Gasteiger partial charge in [0.05, 0.1) is 31.2 Å². The second kappa shape index (κ2) is 6.24. The third-order valence-corrected chi connectivity index (χ3v) is 4.37. The van der Waals surface area contributed by atoms with Crippen molar-refractivity contribution in [2.75, 3.05) is 20.3 Å². The van der Waals surface area contributed by atoms with E-state index in [0.717, 1.165) is 10.6 Å². The van der Waals surface area contributed by atoms with Gasteiger partial charge in [-0.15, -0.1) is 11.3 Å². The monoisotopic (exact) mass is 303 g/mol. The molecule has 1 aliphatic rings. The van der Waals surface area contributed by atoms with E-state index in [1.165, 1.54) is 0 Å². The van der Waals surface area contributed by atoms with Gasteiger partial charge in [0.25, 0.3) is 0 Å². The lowest BCUT2D eigenvalue weighted by atomic mass is 10.2. The van der Waals surface area contributed by atoms with E-state index in [-0.39, 0.29) is 11.9 Å². The molecule has 6 heteroatoms. The second-order valence-electron chi connectivity index (χ2n) is 4.97. The van der Waals surface area contributed by atoms with Crippen LogP contribution in [0.2, 0.25) is 0 Å². The molecular weight excluding hydrogens is 286 g/mol. The van der Waals surface area contributed by atoms with Gasteiger partial charge in [-0.3, -0.25) is 4.79 Å². The maximum Gasteiger partial charge on any atom is 0.247 e. The van der Waals surface area contributed by atoms with Crippen molar-refractivity contribution in [2.45, 2.75) is 12.6 Å². The summed E-state index contributed by atoms with van der Waals surface area (Å²) in [4.78, 5) is 19.4. The Hall–Kier alpha value is -1.92. The lowest BCUT2D eigenvalue weighted by Gasteiger charge is -2.33. The average Bonchev–Trinajstić information content (AvgIpc) is 3.16. The Morgan fingerprint density at radius 3 is 3.29 bits per heavy atom. The number of aromatic nitrogens is 2. The number of carbonyl (C=O) groups is 1. The number of methoxy groups -OCH3 is 1. The highest BCUT2D eigenvalue weighted by Crippen LogP contribution is 2.21. The van der Waals surface area contributed by atoms with Crippen LogP contribution in [-0.2, 0) is 16.1 Å². The van der Waals surface area contributed by atoms with Gasteiger partial charge in [-0.25, -0.2) is 4.98 Å². The molecule has 0 radical (unpaired) electrons. The van der Waals surface area contributed by atoms with Crippen molar-refractivity contribution in [3.05, 3.63) is 46.7 Å². The van der Waals surface area contributed by atoms with Crippen molar-refractivity contribution in [1.82, 2.24) is 14.5 Å². The molecule has 0 spiro atoms. The third-order valence-electron chi connectivity index (χ3n) is 3.53. The molecule has 1 amide bonds. The van der Waals surface area contributed by atoms with Crippen molar-refractivity contribution >= 4 is 23.3 Å². The summed E-state index contributed by atoms with van der Waals surface area (Å²) < 4.78 is 7.35.